The Morgan fingerprint density at radius 1 is 0.950 bits per heavy atom. The van der Waals surface area contributed by atoms with E-state index in [1.54, 1.807) is 12.4 Å². The van der Waals surface area contributed by atoms with Gasteiger partial charge >= 0.3 is 0 Å². The van der Waals surface area contributed by atoms with Crippen molar-refractivity contribution >= 4 is 11.6 Å². The molecule has 4 aromatic rings. The van der Waals surface area contributed by atoms with Crippen LogP contribution in [0.4, 0.5) is 5.69 Å². The smallest absolute Gasteiger partial charge is 0.274 e. The number of nitrogens with one attached hydrogen (secondary N) is 1. The maximum absolute atomic E-state index is 13.4. The number of amides is 1. The van der Waals surface area contributed by atoms with Crippen LogP contribution >= 0.6 is 0 Å². The van der Waals surface area contributed by atoms with Gasteiger partial charge in [-0.15, -0.1) is 0 Å². The van der Waals surface area contributed by atoms with Crippen LogP contribution < -0.4 is 5.32 Å². The first kappa shape index (κ1) is 26.3. The summed E-state index contributed by atoms with van der Waals surface area (Å²) in [6.45, 7) is 3.34. The summed E-state index contributed by atoms with van der Waals surface area (Å²) in [5.74, 6) is 0.318. The molecule has 0 saturated carbocycles. The molecule has 204 valence electrons. The van der Waals surface area contributed by atoms with E-state index < -0.39 is 0 Å². The average Bonchev–Trinajstić information content (AvgIpc) is 3.35. The highest BCUT2D eigenvalue weighted by Gasteiger charge is 2.35. The minimum Gasteiger partial charge on any atom is -0.396 e. The number of aliphatic hydroxyl groups excluding tert-OH is 1. The quantitative estimate of drug-likeness (QED) is 0.300. The van der Waals surface area contributed by atoms with Gasteiger partial charge in [-0.3, -0.25) is 14.7 Å². The average molecular weight is 535 g/mol. The molecule has 1 atom stereocenters. The van der Waals surface area contributed by atoms with Crippen molar-refractivity contribution in [3.63, 3.8) is 0 Å². The van der Waals surface area contributed by atoms with Gasteiger partial charge in [0.15, 0.2) is 0 Å². The van der Waals surface area contributed by atoms with E-state index in [0.29, 0.717) is 18.0 Å². The highest BCUT2D eigenvalue weighted by molar-refractivity contribution is 6.03. The van der Waals surface area contributed by atoms with E-state index in [2.05, 4.69) is 33.4 Å². The number of ether oxygens (including phenoxy) is 1. The van der Waals surface area contributed by atoms with Gasteiger partial charge in [0, 0.05) is 68.2 Å². The second-order valence-electron chi connectivity index (χ2n) is 10.6. The van der Waals surface area contributed by atoms with E-state index >= 15 is 0 Å². The van der Waals surface area contributed by atoms with Gasteiger partial charge in [0.2, 0.25) is 0 Å². The third kappa shape index (κ3) is 5.68. The molecule has 1 amide bonds. The van der Waals surface area contributed by atoms with Gasteiger partial charge < -0.3 is 15.2 Å². The van der Waals surface area contributed by atoms with E-state index in [1.807, 2.05) is 54.6 Å². The van der Waals surface area contributed by atoms with Crippen LogP contribution in [0.3, 0.4) is 0 Å². The largest absolute Gasteiger partial charge is 0.396 e. The Bertz CT molecular complexity index is 1460. The zero-order valence-electron chi connectivity index (χ0n) is 22.5. The van der Waals surface area contributed by atoms with Crippen molar-refractivity contribution in [1.82, 2.24) is 14.9 Å². The first-order valence-corrected chi connectivity index (χ1v) is 14.0. The normalized spacial score (nSPS) is 17.5. The summed E-state index contributed by atoms with van der Waals surface area (Å²) in [6, 6.07) is 23.7. The lowest BCUT2D eigenvalue weighted by molar-refractivity contribution is 0.0440. The number of rotatable bonds is 8. The van der Waals surface area contributed by atoms with Crippen LogP contribution in [0.5, 0.6) is 0 Å². The summed E-state index contributed by atoms with van der Waals surface area (Å²) >= 11 is 0. The third-order valence-electron chi connectivity index (χ3n) is 7.94. The summed E-state index contributed by atoms with van der Waals surface area (Å²) in [5.41, 5.74) is 7.23. The standard InChI is InChI=1S/C33H34N4O3/c38-16-11-30-31-27(22-37(30)21-23-12-17-40-18-13-23)20-29(33(39)35-28-7-2-1-3-8-28)36-32(31)26-6-4-5-25(19-26)24-9-14-34-15-10-24/h1-10,14-15,19-20,23,30,38H,11-13,16-18,21-22H2,(H,35,39)/t30-/m1/s1. The van der Waals surface area contributed by atoms with Gasteiger partial charge in [-0.1, -0.05) is 36.4 Å². The van der Waals surface area contributed by atoms with Crippen molar-refractivity contribution in [2.45, 2.75) is 31.8 Å². The molecule has 0 spiro atoms. The molecule has 1 fully saturated rings. The molecule has 1 saturated heterocycles. The number of aliphatic hydroxyl groups is 1. The van der Waals surface area contributed by atoms with Crippen LogP contribution in [-0.2, 0) is 11.3 Å². The highest BCUT2D eigenvalue weighted by atomic mass is 16.5. The van der Waals surface area contributed by atoms with Crippen molar-refractivity contribution in [3.05, 3.63) is 102 Å². The number of carbonyl (C=O) groups is 1. The summed E-state index contributed by atoms with van der Waals surface area (Å²) < 4.78 is 5.60. The number of carbonyl (C=O) groups excluding carboxylic acids is 1. The molecular formula is C33H34N4O3. The predicted octanol–water partition coefficient (Wildman–Crippen LogP) is 5.73. The number of benzene rings is 2. The number of hydrogen-bond donors (Lipinski definition) is 2. The number of hydrogen-bond acceptors (Lipinski definition) is 6. The van der Waals surface area contributed by atoms with E-state index in [4.69, 9.17) is 9.72 Å². The van der Waals surface area contributed by atoms with Crippen LogP contribution in [0.2, 0.25) is 0 Å². The number of pyridine rings is 2. The van der Waals surface area contributed by atoms with Crippen molar-refractivity contribution in [1.29, 1.82) is 0 Å². The fourth-order valence-electron chi connectivity index (χ4n) is 5.97. The maximum Gasteiger partial charge on any atom is 0.274 e. The van der Waals surface area contributed by atoms with E-state index in [-0.39, 0.29) is 18.6 Å². The SMILES string of the molecule is O=C(Nc1ccccc1)c1cc2c(c(-c3cccc(-c4ccncc4)c3)n1)[C@@H](CCO)N(CC1CCOCC1)C2. The zero-order valence-corrected chi connectivity index (χ0v) is 22.5. The Kier molecular flexibility index (Phi) is 7.95. The molecule has 4 heterocycles. The lowest BCUT2D eigenvalue weighted by atomic mass is 9.93. The molecule has 7 heteroatoms. The van der Waals surface area contributed by atoms with Crippen molar-refractivity contribution in [2.75, 3.05) is 31.7 Å². The van der Waals surface area contributed by atoms with Gasteiger partial charge in [-0.25, -0.2) is 4.98 Å². The number of nitrogens with zero attached hydrogens (tertiary/aromatic N) is 3. The molecule has 7 nitrogen and oxygen atoms in total. The number of para-hydroxylation sites is 1. The van der Waals surface area contributed by atoms with Crippen molar-refractivity contribution < 1.29 is 14.6 Å². The summed E-state index contributed by atoms with van der Waals surface area (Å²) in [7, 11) is 0. The molecule has 40 heavy (non-hydrogen) atoms. The van der Waals surface area contributed by atoms with Crippen molar-refractivity contribution in [3.8, 4) is 22.4 Å². The number of anilines is 1. The fourth-order valence-corrected chi connectivity index (χ4v) is 5.97. The van der Waals surface area contributed by atoms with Crippen LogP contribution in [0.15, 0.2) is 85.2 Å². The van der Waals surface area contributed by atoms with Gasteiger partial charge in [0.1, 0.15) is 5.69 Å². The first-order chi connectivity index (χ1) is 19.7. The van der Waals surface area contributed by atoms with Gasteiger partial charge in [-0.2, -0.15) is 0 Å². The van der Waals surface area contributed by atoms with Crippen LogP contribution in [0.1, 0.15) is 46.9 Å². The Morgan fingerprint density at radius 3 is 2.50 bits per heavy atom. The molecule has 6 rings (SSSR count). The molecule has 2 aliphatic heterocycles. The first-order valence-electron chi connectivity index (χ1n) is 14.0. The Labute approximate surface area is 234 Å². The minimum atomic E-state index is -0.234. The van der Waals surface area contributed by atoms with Gasteiger partial charge in [0.05, 0.1) is 5.69 Å². The summed E-state index contributed by atoms with van der Waals surface area (Å²) in [5, 5.41) is 13.1. The fraction of sp³-hybridized carbons (Fsp3) is 0.303. The molecule has 0 bridgehead atoms. The van der Waals surface area contributed by atoms with Gasteiger partial charge in [-0.05, 0) is 78.3 Å². The molecular weight excluding hydrogens is 500 g/mol. The molecule has 0 radical (unpaired) electrons. The maximum atomic E-state index is 13.4. The zero-order chi connectivity index (χ0) is 27.3. The number of aromatic nitrogens is 2. The molecule has 0 aliphatic carbocycles. The van der Waals surface area contributed by atoms with E-state index in [0.717, 1.165) is 78.3 Å². The summed E-state index contributed by atoms with van der Waals surface area (Å²) in [6.07, 6.45) is 6.28. The third-order valence-corrected chi connectivity index (χ3v) is 7.94. The highest BCUT2D eigenvalue weighted by Crippen LogP contribution is 2.43. The van der Waals surface area contributed by atoms with Crippen molar-refractivity contribution in [2.24, 2.45) is 5.92 Å². The second kappa shape index (κ2) is 12.1. The van der Waals surface area contributed by atoms with Crippen LogP contribution in [0.25, 0.3) is 22.4 Å². The van der Waals surface area contributed by atoms with Crippen LogP contribution in [0, 0.1) is 5.92 Å². The molecule has 2 aromatic carbocycles. The van der Waals surface area contributed by atoms with Gasteiger partial charge in [0.25, 0.3) is 5.91 Å². The molecule has 2 N–H and O–H groups in total. The van der Waals surface area contributed by atoms with E-state index in [1.165, 1.54) is 0 Å². The predicted molar refractivity (Wildman–Crippen MR) is 156 cm³/mol. The summed E-state index contributed by atoms with van der Waals surface area (Å²) in [4.78, 5) is 25.1. The van der Waals surface area contributed by atoms with E-state index in [9.17, 15) is 9.90 Å². The lowest BCUT2D eigenvalue weighted by Crippen LogP contribution is -2.32. The Balaban J connectivity index is 1.42. The minimum absolute atomic E-state index is 0.0289. The molecule has 2 aliphatic rings. The monoisotopic (exact) mass is 534 g/mol. The topological polar surface area (TPSA) is 87.6 Å². The Morgan fingerprint density at radius 2 is 1.73 bits per heavy atom. The Hall–Kier alpha value is -3.91. The molecule has 0 unspecified atom stereocenters. The molecule has 2 aromatic heterocycles. The second-order valence-corrected chi connectivity index (χ2v) is 10.6. The number of fused-ring (bicyclic) bond motifs is 1. The van der Waals surface area contributed by atoms with Crippen LogP contribution in [-0.4, -0.2) is 52.2 Å². The lowest BCUT2D eigenvalue weighted by Gasteiger charge is -2.31.